The third kappa shape index (κ3) is 3.41. The van der Waals surface area contributed by atoms with Crippen LogP contribution < -0.4 is 10.6 Å². The van der Waals surface area contributed by atoms with E-state index in [0.29, 0.717) is 16.9 Å². The number of aromatic nitrogens is 1. The third-order valence-corrected chi connectivity index (χ3v) is 2.75. The number of amides is 2. The number of nitrogens with one attached hydrogen (secondary N) is 2. The number of hydrogen-bond acceptors (Lipinski definition) is 3. The van der Waals surface area contributed by atoms with Crippen molar-refractivity contribution in [2.75, 3.05) is 10.6 Å². The molecule has 0 saturated heterocycles. The van der Waals surface area contributed by atoms with Gasteiger partial charge in [0.1, 0.15) is 0 Å². The Kier molecular flexibility index (Phi) is 4.10. The van der Waals surface area contributed by atoms with Crippen molar-refractivity contribution in [2.24, 2.45) is 0 Å². The van der Waals surface area contributed by atoms with Gasteiger partial charge in [-0.3, -0.25) is 14.6 Å². The van der Waals surface area contributed by atoms with Crippen LogP contribution in [-0.2, 0) is 4.79 Å². The standard InChI is InChI=1S/C15H15N3O2/c1-10-3-4-12(9-14(10)17-11(2)19)15(20)18-13-5-7-16-8-6-13/h3-9H,1-2H3,(H,17,19)(H,16,18,20). The molecular weight excluding hydrogens is 254 g/mol. The Hall–Kier alpha value is -2.69. The minimum absolute atomic E-state index is 0.167. The summed E-state index contributed by atoms with van der Waals surface area (Å²) in [6.45, 7) is 3.30. The predicted molar refractivity (Wildman–Crippen MR) is 77.7 cm³/mol. The first-order chi connectivity index (χ1) is 9.56. The van der Waals surface area contributed by atoms with Gasteiger partial charge in [-0.25, -0.2) is 0 Å². The first-order valence-corrected chi connectivity index (χ1v) is 6.16. The van der Waals surface area contributed by atoms with E-state index in [0.717, 1.165) is 5.56 Å². The Balaban J connectivity index is 2.20. The summed E-state index contributed by atoms with van der Waals surface area (Å²) in [5, 5.41) is 5.47. The Morgan fingerprint density at radius 1 is 1.05 bits per heavy atom. The van der Waals surface area contributed by atoms with Gasteiger partial charge in [0.25, 0.3) is 5.91 Å². The summed E-state index contributed by atoms with van der Waals surface area (Å²) in [4.78, 5) is 27.1. The Morgan fingerprint density at radius 2 is 1.75 bits per heavy atom. The lowest BCUT2D eigenvalue weighted by molar-refractivity contribution is -0.114. The van der Waals surface area contributed by atoms with Crippen LogP contribution in [0.3, 0.4) is 0 Å². The molecule has 2 amide bonds. The lowest BCUT2D eigenvalue weighted by atomic mass is 10.1. The maximum absolute atomic E-state index is 12.1. The van der Waals surface area contributed by atoms with E-state index in [9.17, 15) is 9.59 Å². The second-order valence-electron chi connectivity index (χ2n) is 4.40. The molecule has 0 aliphatic rings. The summed E-state index contributed by atoms with van der Waals surface area (Å²) >= 11 is 0. The van der Waals surface area contributed by atoms with E-state index < -0.39 is 0 Å². The monoisotopic (exact) mass is 269 g/mol. The molecule has 1 aromatic heterocycles. The molecule has 0 bridgehead atoms. The topological polar surface area (TPSA) is 71.1 Å². The highest BCUT2D eigenvalue weighted by molar-refractivity contribution is 6.05. The lowest BCUT2D eigenvalue weighted by Gasteiger charge is -2.09. The van der Waals surface area contributed by atoms with Gasteiger partial charge in [-0.05, 0) is 36.8 Å². The number of carbonyl (C=O) groups is 2. The quantitative estimate of drug-likeness (QED) is 0.899. The first kappa shape index (κ1) is 13.7. The number of rotatable bonds is 3. The van der Waals surface area contributed by atoms with Crippen molar-refractivity contribution in [2.45, 2.75) is 13.8 Å². The van der Waals surface area contributed by atoms with E-state index in [2.05, 4.69) is 15.6 Å². The van der Waals surface area contributed by atoms with Gasteiger partial charge in [0.15, 0.2) is 0 Å². The maximum atomic E-state index is 12.1. The molecule has 2 aromatic rings. The normalized spacial score (nSPS) is 9.90. The van der Waals surface area contributed by atoms with Crippen LogP contribution in [0.1, 0.15) is 22.8 Å². The van der Waals surface area contributed by atoms with Crippen molar-refractivity contribution < 1.29 is 9.59 Å². The van der Waals surface area contributed by atoms with Crippen molar-refractivity contribution in [1.29, 1.82) is 0 Å². The number of nitrogens with zero attached hydrogens (tertiary/aromatic N) is 1. The van der Waals surface area contributed by atoms with Gasteiger partial charge < -0.3 is 10.6 Å². The minimum atomic E-state index is -0.234. The van der Waals surface area contributed by atoms with E-state index in [1.807, 2.05) is 6.92 Å². The fraction of sp³-hybridized carbons (Fsp3) is 0.133. The highest BCUT2D eigenvalue weighted by atomic mass is 16.2. The van der Waals surface area contributed by atoms with Crippen molar-refractivity contribution in [3.63, 3.8) is 0 Å². The van der Waals surface area contributed by atoms with Crippen LogP contribution in [0, 0.1) is 6.92 Å². The minimum Gasteiger partial charge on any atom is -0.326 e. The Bertz CT molecular complexity index is 639. The summed E-state index contributed by atoms with van der Waals surface area (Å²) in [5.41, 5.74) is 2.70. The molecule has 5 heteroatoms. The molecule has 102 valence electrons. The molecule has 0 radical (unpaired) electrons. The van der Waals surface area contributed by atoms with Gasteiger partial charge in [0.05, 0.1) is 0 Å². The molecule has 0 fully saturated rings. The lowest BCUT2D eigenvalue weighted by Crippen LogP contribution is -2.13. The molecule has 0 spiro atoms. The van der Waals surface area contributed by atoms with E-state index in [1.54, 1.807) is 42.7 Å². The van der Waals surface area contributed by atoms with Gasteiger partial charge >= 0.3 is 0 Å². The van der Waals surface area contributed by atoms with Crippen LogP contribution in [0.2, 0.25) is 0 Å². The maximum Gasteiger partial charge on any atom is 0.255 e. The van der Waals surface area contributed by atoms with Crippen LogP contribution >= 0.6 is 0 Å². The summed E-state index contributed by atoms with van der Waals surface area (Å²) < 4.78 is 0. The van der Waals surface area contributed by atoms with Crippen LogP contribution in [0.4, 0.5) is 11.4 Å². The van der Waals surface area contributed by atoms with Gasteiger partial charge in [0.2, 0.25) is 5.91 Å². The highest BCUT2D eigenvalue weighted by Crippen LogP contribution is 2.18. The zero-order chi connectivity index (χ0) is 14.5. The molecule has 2 rings (SSSR count). The molecule has 1 heterocycles. The highest BCUT2D eigenvalue weighted by Gasteiger charge is 2.09. The second kappa shape index (κ2) is 5.97. The molecule has 0 saturated carbocycles. The second-order valence-corrected chi connectivity index (χ2v) is 4.40. The molecule has 0 aliphatic heterocycles. The summed E-state index contributed by atoms with van der Waals surface area (Å²) in [6.07, 6.45) is 3.21. The molecule has 0 unspecified atom stereocenters. The van der Waals surface area contributed by atoms with Crippen LogP contribution in [0.5, 0.6) is 0 Å². The number of carbonyl (C=O) groups excluding carboxylic acids is 2. The van der Waals surface area contributed by atoms with Crippen molar-refractivity contribution in [1.82, 2.24) is 4.98 Å². The number of pyridine rings is 1. The fourth-order valence-corrected chi connectivity index (χ4v) is 1.73. The fourth-order valence-electron chi connectivity index (χ4n) is 1.73. The van der Waals surface area contributed by atoms with Crippen molar-refractivity contribution in [3.8, 4) is 0 Å². The predicted octanol–water partition coefficient (Wildman–Crippen LogP) is 2.60. The molecule has 2 N–H and O–H groups in total. The zero-order valence-electron chi connectivity index (χ0n) is 11.3. The summed E-state index contributed by atoms with van der Waals surface area (Å²) in [6, 6.07) is 8.60. The largest absolute Gasteiger partial charge is 0.326 e. The molecule has 5 nitrogen and oxygen atoms in total. The molecule has 1 aromatic carbocycles. The van der Waals surface area contributed by atoms with E-state index in [1.165, 1.54) is 6.92 Å². The Labute approximate surface area is 117 Å². The summed E-state index contributed by atoms with van der Waals surface area (Å²) in [7, 11) is 0. The van der Waals surface area contributed by atoms with E-state index in [4.69, 9.17) is 0 Å². The van der Waals surface area contributed by atoms with E-state index >= 15 is 0 Å². The smallest absolute Gasteiger partial charge is 0.255 e. The van der Waals surface area contributed by atoms with Gasteiger partial charge in [-0.2, -0.15) is 0 Å². The first-order valence-electron chi connectivity index (χ1n) is 6.16. The van der Waals surface area contributed by atoms with Crippen LogP contribution in [-0.4, -0.2) is 16.8 Å². The SMILES string of the molecule is CC(=O)Nc1cc(C(=O)Nc2ccncc2)ccc1C. The average Bonchev–Trinajstić information content (AvgIpc) is 2.42. The van der Waals surface area contributed by atoms with Crippen LogP contribution in [0.15, 0.2) is 42.7 Å². The molecule has 20 heavy (non-hydrogen) atoms. The number of aryl methyl sites for hydroxylation is 1. The number of hydrogen-bond donors (Lipinski definition) is 2. The Morgan fingerprint density at radius 3 is 2.40 bits per heavy atom. The number of anilines is 2. The molecule has 0 aliphatic carbocycles. The number of benzene rings is 1. The van der Waals surface area contributed by atoms with Gasteiger partial charge in [-0.15, -0.1) is 0 Å². The average molecular weight is 269 g/mol. The van der Waals surface area contributed by atoms with Crippen molar-refractivity contribution in [3.05, 3.63) is 53.9 Å². The third-order valence-electron chi connectivity index (χ3n) is 2.75. The molecule has 0 atom stereocenters. The summed E-state index contributed by atoms with van der Waals surface area (Å²) in [5.74, 6) is -0.400. The van der Waals surface area contributed by atoms with Crippen LogP contribution in [0.25, 0.3) is 0 Å². The van der Waals surface area contributed by atoms with Crippen molar-refractivity contribution >= 4 is 23.2 Å². The van der Waals surface area contributed by atoms with Gasteiger partial charge in [0, 0.05) is 36.3 Å². The zero-order valence-corrected chi connectivity index (χ0v) is 11.3. The van der Waals surface area contributed by atoms with Gasteiger partial charge in [-0.1, -0.05) is 6.07 Å². The molecular formula is C15H15N3O2. The van der Waals surface area contributed by atoms with E-state index in [-0.39, 0.29) is 11.8 Å².